The molecule has 25 heavy (non-hydrogen) atoms. The molecule has 1 heterocycles. The highest BCUT2D eigenvalue weighted by atomic mass is 127. The molecule has 2 aliphatic rings. The Labute approximate surface area is 171 Å². The van der Waals surface area contributed by atoms with Crippen LogP contribution in [0.1, 0.15) is 52.4 Å². The predicted octanol–water partition coefficient (Wildman–Crippen LogP) is 3.53. The molecule has 2 unspecified atom stereocenters. The quantitative estimate of drug-likeness (QED) is 0.231. The fraction of sp³-hybridized carbons (Fsp3) is 0.947. The van der Waals surface area contributed by atoms with Gasteiger partial charge in [0.15, 0.2) is 5.96 Å². The molecule has 5 nitrogen and oxygen atoms in total. The standard InChI is InChI=1S/C19H37N3O2.HI/c1-3-5-11-23-13-14-24-12-10-21-19(20-4-2)22-15-17-8-6-7-9-18(17)16-22;/h17-18H,3-16H2,1-2H3,(H,20,21);1H. The summed E-state index contributed by atoms with van der Waals surface area (Å²) in [5.74, 6) is 2.85. The fourth-order valence-corrected chi connectivity index (χ4v) is 3.79. The Kier molecular flexibility index (Phi) is 12.9. The summed E-state index contributed by atoms with van der Waals surface area (Å²) in [6.45, 7) is 11.2. The Bertz CT molecular complexity index is 355. The molecule has 0 aromatic heterocycles. The number of nitrogens with zero attached hydrogens (tertiary/aromatic N) is 2. The smallest absolute Gasteiger partial charge is 0.194 e. The van der Waals surface area contributed by atoms with Gasteiger partial charge >= 0.3 is 0 Å². The van der Waals surface area contributed by atoms with Crippen molar-refractivity contribution in [2.75, 3.05) is 52.6 Å². The second-order valence-corrected chi connectivity index (χ2v) is 7.02. The summed E-state index contributed by atoms with van der Waals surface area (Å²) in [7, 11) is 0. The maximum absolute atomic E-state index is 5.62. The summed E-state index contributed by atoms with van der Waals surface area (Å²) in [5, 5.41) is 3.46. The number of halogens is 1. The van der Waals surface area contributed by atoms with E-state index in [2.05, 4.69) is 24.1 Å². The molecule has 2 fully saturated rings. The highest BCUT2D eigenvalue weighted by molar-refractivity contribution is 14.0. The van der Waals surface area contributed by atoms with E-state index < -0.39 is 0 Å². The number of rotatable bonds is 10. The van der Waals surface area contributed by atoms with Crippen molar-refractivity contribution in [3.05, 3.63) is 0 Å². The van der Waals surface area contributed by atoms with E-state index in [4.69, 9.17) is 14.5 Å². The average Bonchev–Trinajstić information content (AvgIpc) is 3.03. The van der Waals surface area contributed by atoms with Gasteiger partial charge in [-0.15, -0.1) is 24.0 Å². The van der Waals surface area contributed by atoms with Crippen molar-refractivity contribution in [3.8, 4) is 0 Å². The molecule has 148 valence electrons. The zero-order valence-electron chi connectivity index (χ0n) is 16.2. The zero-order chi connectivity index (χ0) is 17.0. The van der Waals surface area contributed by atoms with Crippen LogP contribution < -0.4 is 5.32 Å². The van der Waals surface area contributed by atoms with Gasteiger partial charge in [0.2, 0.25) is 0 Å². The lowest BCUT2D eigenvalue weighted by atomic mass is 9.82. The monoisotopic (exact) mass is 467 g/mol. The van der Waals surface area contributed by atoms with Crippen LogP contribution in [0.5, 0.6) is 0 Å². The third-order valence-corrected chi connectivity index (χ3v) is 5.12. The van der Waals surface area contributed by atoms with E-state index >= 15 is 0 Å². The number of hydrogen-bond donors (Lipinski definition) is 1. The number of likely N-dealkylation sites (tertiary alicyclic amines) is 1. The molecule has 1 N–H and O–H groups in total. The molecule has 1 saturated heterocycles. The van der Waals surface area contributed by atoms with Gasteiger partial charge in [-0.3, -0.25) is 4.99 Å². The lowest BCUT2D eigenvalue weighted by Crippen LogP contribution is -2.40. The lowest BCUT2D eigenvalue weighted by Gasteiger charge is -2.22. The van der Waals surface area contributed by atoms with Gasteiger partial charge in [0.1, 0.15) is 0 Å². The first kappa shape index (κ1) is 23.0. The van der Waals surface area contributed by atoms with Crippen LogP contribution in [0.3, 0.4) is 0 Å². The topological polar surface area (TPSA) is 46.1 Å². The molecule has 0 radical (unpaired) electrons. The molecular formula is C19H38IN3O2. The second kappa shape index (κ2) is 14.0. The number of fused-ring (bicyclic) bond motifs is 1. The number of unbranched alkanes of at least 4 members (excludes halogenated alkanes) is 1. The molecule has 1 aliphatic carbocycles. The van der Waals surface area contributed by atoms with Gasteiger partial charge < -0.3 is 19.7 Å². The number of hydrogen-bond acceptors (Lipinski definition) is 3. The largest absolute Gasteiger partial charge is 0.379 e. The van der Waals surface area contributed by atoms with E-state index in [9.17, 15) is 0 Å². The van der Waals surface area contributed by atoms with Crippen LogP contribution in [0.4, 0.5) is 0 Å². The van der Waals surface area contributed by atoms with Crippen LogP contribution in [-0.2, 0) is 9.47 Å². The van der Waals surface area contributed by atoms with E-state index in [0.29, 0.717) is 19.8 Å². The molecule has 0 aromatic carbocycles. The number of ether oxygens (including phenoxy) is 2. The Morgan fingerprint density at radius 2 is 1.64 bits per heavy atom. The average molecular weight is 467 g/mol. The summed E-state index contributed by atoms with van der Waals surface area (Å²) in [6, 6.07) is 0. The molecule has 1 saturated carbocycles. The first-order chi connectivity index (χ1) is 11.8. The third-order valence-electron chi connectivity index (χ3n) is 5.12. The Morgan fingerprint density at radius 1 is 1.00 bits per heavy atom. The highest BCUT2D eigenvalue weighted by Crippen LogP contribution is 2.35. The SMILES string of the molecule is CCCCOCCOCCN=C(NCC)N1CC2CCCCC2C1.I. The molecule has 0 spiro atoms. The maximum Gasteiger partial charge on any atom is 0.194 e. The summed E-state index contributed by atoms with van der Waals surface area (Å²) < 4.78 is 11.1. The van der Waals surface area contributed by atoms with E-state index in [1.54, 1.807) is 0 Å². The normalized spacial score (nSPS) is 23.3. The first-order valence-electron chi connectivity index (χ1n) is 10.0. The highest BCUT2D eigenvalue weighted by Gasteiger charge is 2.35. The van der Waals surface area contributed by atoms with Crippen LogP contribution in [0, 0.1) is 11.8 Å². The van der Waals surface area contributed by atoms with Gasteiger partial charge in [0.25, 0.3) is 0 Å². The van der Waals surface area contributed by atoms with Crippen LogP contribution in [0.25, 0.3) is 0 Å². The van der Waals surface area contributed by atoms with Crippen molar-refractivity contribution >= 4 is 29.9 Å². The van der Waals surface area contributed by atoms with E-state index in [-0.39, 0.29) is 24.0 Å². The van der Waals surface area contributed by atoms with Crippen molar-refractivity contribution in [3.63, 3.8) is 0 Å². The number of guanidine groups is 1. The molecule has 2 rings (SSSR count). The minimum absolute atomic E-state index is 0. The van der Waals surface area contributed by atoms with Crippen LogP contribution >= 0.6 is 24.0 Å². The summed E-state index contributed by atoms with van der Waals surface area (Å²) in [4.78, 5) is 7.24. The number of aliphatic imine (C=N–C) groups is 1. The minimum atomic E-state index is 0. The second-order valence-electron chi connectivity index (χ2n) is 7.02. The molecule has 0 bridgehead atoms. The molecule has 0 amide bonds. The molecule has 6 heteroatoms. The van der Waals surface area contributed by atoms with Crippen LogP contribution in [0.2, 0.25) is 0 Å². The lowest BCUT2D eigenvalue weighted by molar-refractivity contribution is 0.0497. The van der Waals surface area contributed by atoms with Gasteiger partial charge in [-0.2, -0.15) is 0 Å². The Balaban J connectivity index is 0.00000312. The predicted molar refractivity (Wildman–Crippen MR) is 115 cm³/mol. The van der Waals surface area contributed by atoms with Crippen LogP contribution in [-0.4, -0.2) is 63.5 Å². The Hall–Kier alpha value is -0.0800. The fourth-order valence-electron chi connectivity index (χ4n) is 3.79. The van der Waals surface area contributed by atoms with Crippen molar-refractivity contribution < 1.29 is 9.47 Å². The zero-order valence-corrected chi connectivity index (χ0v) is 18.5. The van der Waals surface area contributed by atoms with E-state index in [1.807, 2.05) is 0 Å². The summed E-state index contributed by atoms with van der Waals surface area (Å²) >= 11 is 0. The molecule has 2 atom stereocenters. The summed E-state index contributed by atoms with van der Waals surface area (Å²) in [6.07, 6.45) is 7.95. The van der Waals surface area contributed by atoms with Gasteiger partial charge in [-0.05, 0) is 38.0 Å². The Morgan fingerprint density at radius 3 is 2.24 bits per heavy atom. The summed E-state index contributed by atoms with van der Waals surface area (Å²) in [5.41, 5.74) is 0. The molecular weight excluding hydrogens is 429 g/mol. The number of nitrogens with one attached hydrogen (secondary N) is 1. The van der Waals surface area contributed by atoms with E-state index in [1.165, 1.54) is 45.2 Å². The first-order valence-corrected chi connectivity index (χ1v) is 10.0. The van der Waals surface area contributed by atoms with Crippen molar-refractivity contribution in [1.82, 2.24) is 10.2 Å². The molecule has 1 aliphatic heterocycles. The maximum atomic E-state index is 5.62. The van der Waals surface area contributed by atoms with Gasteiger partial charge in [-0.1, -0.05) is 26.2 Å². The molecule has 0 aromatic rings. The van der Waals surface area contributed by atoms with Crippen molar-refractivity contribution in [2.24, 2.45) is 16.8 Å². The third kappa shape index (κ3) is 8.43. The van der Waals surface area contributed by atoms with Crippen molar-refractivity contribution in [1.29, 1.82) is 0 Å². The van der Waals surface area contributed by atoms with Crippen LogP contribution in [0.15, 0.2) is 4.99 Å². The van der Waals surface area contributed by atoms with Gasteiger partial charge in [0.05, 0.1) is 26.4 Å². The van der Waals surface area contributed by atoms with Gasteiger partial charge in [-0.25, -0.2) is 0 Å². The van der Waals surface area contributed by atoms with Crippen molar-refractivity contribution in [2.45, 2.75) is 52.4 Å². The van der Waals surface area contributed by atoms with E-state index in [0.717, 1.165) is 43.9 Å². The minimum Gasteiger partial charge on any atom is -0.379 e. The van der Waals surface area contributed by atoms with Gasteiger partial charge in [0, 0.05) is 26.2 Å².